The highest BCUT2D eigenvalue weighted by Crippen LogP contribution is 2.24. The van der Waals surface area contributed by atoms with Crippen LogP contribution in [0.25, 0.3) is 0 Å². The van der Waals surface area contributed by atoms with E-state index < -0.39 is 0 Å². The third-order valence-corrected chi connectivity index (χ3v) is 2.52. The first-order valence-corrected chi connectivity index (χ1v) is 4.82. The molecule has 0 aromatic heterocycles. The van der Waals surface area contributed by atoms with Crippen molar-refractivity contribution in [1.82, 2.24) is 0 Å². The number of nitrogens with two attached hydrogens (primary N) is 1. The number of benzene rings is 1. The summed E-state index contributed by atoms with van der Waals surface area (Å²) in [6.07, 6.45) is 5.58. The molecule has 1 aromatic rings. The zero-order chi connectivity index (χ0) is 9.10. The van der Waals surface area contributed by atoms with Crippen LogP contribution in [0.3, 0.4) is 0 Å². The average molecular weight is 173 g/mol. The van der Waals surface area contributed by atoms with Gasteiger partial charge in [0.05, 0.1) is 0 Å². The van der Waals surface area contributed by atoms with E-state index in [2.05, 4.69) is 36.4 Å². The van der Waals surface area contributed by atoms with Gasteiger partial charge in [0, 0.05) is 6.04 Å². The Bertz CT molecular complexity index is 292. The van der Waals surface area contributed by atoms with E-state index in [4.69, 9.17) is 5.73 Å². The molecular weight excluding hydrogens is 158 g/mol. The van der Waals surface area contributed by atoms with Crippen LogP contribution in [-0.4, -0.2) is 6.04 Å². The fraction of sp³-hybridized carbons (Fsp3) is 0.333. The smallest absolute Gasteiger partial charge is 0.0113 e. The highest BCUT2D eigenvalue weighted by atomic mass is 14.7. The minimum atomic E-state index is 0.432. The molecule has 0 aliphatic heterocycles. The third-order valence-electron chi connectivity index (χ3n) is 2.52. The van der Waals surface area contributed by atoms with Crippen molar-refractivity contribution < 1.29 is 0 Å². The predicted molar refractivity (Wildman–Crippen MR) is 55.4 cm³/mol. The van der Waals surface area contributed by atoms with Gasteiger partial charge in [0.2, 0.25) is 0 Å². The Morgan fingerprint density at radius 1 is 1.23 bits per heavy atom. The molecule has 0 atom stereocenters. The van der Waals surface area contributed by atoms with Crippen LogP contribution in [0.1, 0.15) is 18.4 Å². The molecule has 2 N–H and O–H groups in total. The summed E-state index contributed by atoms with van der Waals surface area (Å²) in [6.45, 7) is 0. The summed E-state index contributed by atoms with van der Waals surface area (Å²) in [6, 6.07) is 11.0. The zero-order valence-electron chi connectivity index (χ0n) is 7.74. The largest absolute Gasteiger partial charge is 0.327 e. The van der Waals surface area contributed by atoms with E-state index in [0.717, 1.165) is 19.3 Å². The molecule has 1 fully saturated rings. The van der Waals surface area contributed by atoms with E-state index in [1.165, 1.54) is 11.1 Å². The second kappa shape index (κ2) is 3.75. The molecular formula is C12H15N. The lowest BCUT2D eigenvalue weighted by atomic mass is 9.86. The van der Waals surface area contributed by atoms with Crippen LogP contribution in [0.15, 0.2) is 42.0 Å². The second-order valence-corrected chi connectivity index (χ2v) is 3.72. The fourth-order valence-electron chi connectivity index (χ4n) is 1.66. The standard InChI is InChI=1S/C12H15N/c13-12-8-11(9-12)7-6-10-4-2-1-3-5-10/h1-5,7,12H,6,8-9,13H2. The van der Waals surface area contributed by atoms with Crippen molar-refractivity contribution in [3.8, 4) is 0 Å². The molecule has 1 saturated carbocycles. The maximum absolute atomic E-state index is 5.70. The molecule has 68 valence electrons. The maximum atomic E-state index is 5.70. The molecule has 0 saturated heterocycles. The topological polar surface area (TPSA) is 26.0 Å². The SMILES string of the molecule is NC1CC(=CCc2ccccc2)C1. The Balaban J connectivity index is 1.90. The number of hydrogen-bond acceptors (Lipinski definition) is 1. The van der Waals surface area contributed by atoms with Gasteiger partial charge in [-0.3, -0.25) is 0 Å². The summed E-state index contributed by atoms with van der Waals surface area (Å²) in [4.78, 5) is 0. The number of rotatable bonds is 2. The minimum absolute atomic E-state index is 0.432. The Hall–Kier alpha value is -1.08. The minimum Gasteiger partial charge on any atom is -0.327 e. The van der Waals surface area contributed by atoms with Gasteiger partial charge in [0.15, 0.2) is 0 Å². The molecule has 1 nitrogen and oxygen atoms in total. The van der Waals surface area contributed by atoms with Crippen LogP contribution >= 0.6 is 0 Å². The van der Waals surface area contributed by atoms with Gasteiger partial charge in [-0.25, -0.2) is 0 Å². The van der Waals surface area contributed by atoms with Gasteiger partial charge in [0.25, 0.3) is 0 Å². The van der Waals surface area contributed by atoms with Crippen LogP contribution in [0.2, 0.25) is 0 Å². The molecule has 0 amide bonds. The molecule has 13 heavy (non-hydrogen) atoms. The van der Waals surface area contributed by atoms with E-state index in [0.29, 0.717) is 6.04 Å². The van der Waals surface area contributed by atoms with Gasteiger partial charge >= 0.3 is 0 Å². The lowest BCUT2D eigenvalue weighted by Crippen LogP contribution is -2.30. The molecule has 0 bridgehead atoms. The fourth-order valence-corrected chi connectivity index (χ4v) is 1.66. The Kier molecular flexibility index (Phi) is 2.46. The lowest BCUT2D eigenvalue weighted by molar-refractivity contribution is 0.539. The molecule has 1 heteroatoms. The van der Waals surface area contributed by atoms with Gasteiger partial charge in [-0.2, -0.15) is 0 Å². The van der Waals surface area contributed by atoms with Crippen molar-refractivity contribution in [3.05, 3.63) is 47.5 Å². The van der Waals surface area contributed by atoms with E-state index in [-0.39, 0.29) is 0 Å². The molecule has 0 unspecified atom stereocenters. The first-order chi connectivity index (χ1) is 6.34. The van der Waals surface area contributed by atoms with Crippen LogP contribution in [0, 0.1) is 0 Å². The summed E-state index contributed by atoms with van der Waals surface area (Å²) in [5.41, 5.74) is 8.61. The Morgan fingerprint density at radius 2 is 1.92 bits per heavy atom. The molecule has 1 aromatic carbocycles. The first kappa shape index (κ1) is 8.52. The van der Waals surface area contributed by atoms with Crippen molar-refractivity contribution in [2.45, 2.75) is 25.3 Å². The molecule has 0 spiro atoms. The van der Waals surface area contributed by atoms with Gasteiger partial charge in [0.1, 0.15) is 0 Å². The molecule has 1 aliphatic rings. The molecule has 2 rings (SSSR count). The summed E-state index contributed by atoms with van der Waals surface area (Å²) in [7, 11) is 0. The maximum Gasteiger partial charge on any atom is 0.0113 e. The van der Waals surface area contributed by atoms with E-state index in [9.17, 15) is 0 Å². The van der Waals surface area contributed by atoms with Crippen molar-refractivity contribution in [2.75, 3.05) is 0 Å². The molecule has 0 radical (unpaired) electrons. The highest BCUT2D eigenvalue weighted by Gasteiger charge is 2.17. The molecule has 0 heterocycles. The van der Waals surface area contributed by atoms with Crippen molar-refractivity contribution in [2.24, 2.45) is 5.73 Å². The van der Waals surface area contributed by atoms with Gasteiger partial charge < -0.3 is 5.73 Å². The zero-order valence-corrected chi connectivity index (χ0v) is 7.74. The average Bonchev–Trinajstić information content (AvgIpc) is 2.12. The lowest BCUT2D eigenvalue weighted by Gasteiger charge is -2.25. The second-order valence-electron chi connectivity index (χ2n) is 3.72. The summed E-state index contributed by atoms with van der Waals surface area (Å²) >= 11 is 0. The predicted octanol–water partition coefficient (Wildman–Crippen LogP) is 2.28. The van der Waals surface area contributed by atoms with Crippen LogP contribution in [-0.2, 0) is 6.42 Å². The Morgan fingerprint density at radius 3 is 2.54 bits per heavy atom. The van der Waals surface area contributed by atoms with E-state index in [1.807, 2.05) is 0 Å². The van der Waals surface area contributed by atoms with Gasteiger partial charge in [-0.05, 0) is 24.8 Å². The van der Waals surface area contributed by atoms with Gasteiger partial charge in [-0.15, -0.1) is 0 Å². The monoisotopic (exact) mass is 173 g/mol. The summed E-state index contributed by atoms with van der Waals surface area (Å²) in [5, 5.41) is 0. The van der Waals surface area contributed by atoms with E-state index >= 15 is 0 Å². The van der Waals surface area contributed by atoms with Crippen molar-refractivity contribution >= 4 is 0 Å². The normalized spacial score (nSPS) is 21.0. The summed E-state index contributed by atoms with van der Waals surface area (Å²) in [5.74, 6) is 0. The highest BCUT2D eigenvalue weighted by molar-refractivity contribution is 5.22. The van der Waals surface area contributed by atoms with Crippen LogP contribution in [0.5, 0.6) is 0 Å². The number of hydrogen-bond donors (Lipinski definition) is 1. The third kappa shape index (κ3) is 2.19. The Labute approximate surface area is 79.3 Å². The first-order valence-electron chi connectivity index (χ1n) is 4.82. The molecule has 1 aliphatic carbocycles. The van der Waals surface area contributed by atoms with Crippen LogP contribution < -0.4 is 5.73 Å². The van der Waals surface area contributed by atoms with Crippen molar-refractivity contribution in [1.29, 1.82) is 0 Å². The quantitative estimate of drug-likeness (QED) is 0.682. The summed E-state index contributed by atoms with van der Waals surface area (Å²) < 4.78 is 0. The van der Waals surface area contributed by atoms with Crippen LogP contribution in [0.4, 0.5) is 0 Å². The number of allylic oxidation sites excluding steroid dienone is 1. The van der Waals surface area contributed by atoms with E-state index in [1.54, 1.807) is 0 Å². The van der Waals surface area contributed by atoms with Gasteiger partial charge in [-0.1, -0.05) is 42.0 Å². The van der Waals surface area contributed by atoms with Crippen molar-refractivity contribution in [3.63, 3.8) is 0 Å².